The van der Waals surface area contributed by atoms with E-state index in [4.69, 9.17) is 4.42 Å². The molecule has 5 rings (SSSR count). The molecular formula is C19H11BrO. The predicted molar refractivity (Wildman–Crippen MR) is 89.7 cm³/mol. The normalized spacial score (nSPS) is 12.8. The summed E-state index contributed by atoms with van der Waals surface area (Å²) in [4.78, 5) is 0. The quantitative estimate of drug-likeness (QED) is 0.342. The van der Waals surface area contributed by atoms with E-state index in [2.05, 4.69) is 58.4 Å². The van der Waals surface area contributed by atoms with Gasteiger partial charge >= 0.3 is 0 Å². The molecule has 3 aromatic carbocycles. The van der Waals surface area contributed by atoms with Gasteiger partial charge in [-0.3, -0.25) is 0 Å². The lowest BCUT2D eigenvalue weighted by atomic mass is 10.0. The smallest absolute Gasteiger partial charge is 0.140 e. The van der Waals surface area contributed by atoms with Crippen LogP contribution in [0.25, 0.3) is 33.1 Å². The number of halogens is 1. The third kappa shape index (κ3) is 1.46. The van der Waals surface area contributed by atoms with Gasteiger partial charge in [-0.15, -0.1) is 0 Å². The molecular weight excluding hydrogens is 324 g/mol. The summed E-state index contributed by atoms with van der Waals surface area (Å²) < 4.78 is 7.29. The van der Waals surface area contributed by atoms with Crippen molar-refractivity contribution in [2.24, 2.45) is 0 Å². The molecule has 100 valence electrons. The number of benzene rings is 3. The maximum Gasteiger partial charge on any atom is 0.140 e. The van der Waals surface area contributed by atoms with E-state index in [-0.39, 0.29) is 0 Å². The molecule has 1 nitrogen and oxygen atoms in total. The van der Waals surface area contributed by atoms with Crippen LogP contribution in [0.5, 0.6) is 0 Å². The minimum Gasteiger partial charge on any atom is -0.456 e. The molecule has 2 heteroatoms. The Hall–Kier alpha value is -2.06. The molecule has 0 aliphatic heterocycles. The molecule has 0 unspecified atom stereocenters. The van der Waals surface area contributed by atoms with Gasteiger partial charge in [0.1, 0.15) is 11.2 Å². The third-order valence-electron chi connectivity index (χ3n) is 4.38. The summed E-state index contributed by atoms with van der Waals surface area (Å²) in [6.45, 7) is 0. The molecule has 0 atom stereocenters. The van der Waals surface area contributed by atoms with Crippen molar-refractivity contribution in [2.45, 2.75) is 6.42 Å². The van der Waals surface area contributed by atoms with Crippen molar-refractivity contribution in [1.29, 1.82) is 0 Å². The largest absolute Gasteiger partial charge is 0.456 e. The van der Waals surface area contributed by atoms with Crippen LogP contribution in [0.2, 0.25) is 0 Å². The van der Waals surface area contributed by atoms with E-state index in [9.17, 15) is 0 Å². The van der Waals surface area contributed by atoms with Crippen LogP contribution in [-0.4, -0.2) is 0 Å². The van der Waals surface area contributed by atoms with E-state index >= 15 is 0 Å². The summed E-state index contributed by atoms with van der Waals surface area (Å²) in [6, 6.07) is 19.1. The van der Waals surface area contributed by atoms with Crippen LogP contribution >= 0.6 is 15.9 Å². The molecule has 1 aromatic heterocycles. The fraction of sp³-hybridized carbons (Fsp3) is 0.0526. The minimum atomic E-state index is 0.953. The third-order valence-corrected chi connectivity index (χ3v) is 5.00. The number of fused-ring (bicyclic) bond motifs is 7. The molecule has 21 heavy (non-hydrogen) atoms. The highest BCUT2D eigenvalue weighted by atomic mass is 79.9. The molecule has 0 fully saturated rings. The first-order valence-electron chi connectivity index (χ1n) is 7.04. The molecule has 1 heterocycles. The summed E-state index contributed by atoms with van der Waals surface area (Å²) in [5.41, 5.74) is 7.30. The van der Waals surface area contributed by atoms with Crippen LogP contribution in [0, 0.1) is 0 Å². The van der Waals surface area contributed by atoms with Crippen molar-refractivity contribution in [3.8, 4) is 11.1 Å². The van der Waals surface area contributed by atoms with Gasteiger partial charge in [-0.1, -0.05) is 42.5 Å². The Morgan fingerprint density at radius 2 is 1.71 bits per heavy atom. The Balaban J connectivity index is 1.97. The second-order valence-electron chi connectivity index (χ2n) is 5.52. The molecule has 0 bridgehead atoms. The molecule has 1 aliphatic rings. The molecule has 1 aliphatic carbocycles. The fourth-order valence-corrected chi connectivity index (χ4v) is 4.07. The van der Waals surface area contributed by atoms with Crippen molar-refractivity contribution in [1.82, 2.24) is 0 Å². The summed E-state index contributed by atoms with van der Waals surface area (Å²) in [5.74, 6) is 0. The van der Waals surface area contributed by atoms with E-state index in [0.29, 0.717) is 0 Å². The minimum absolute atomic E-state index is 0.953. The summed E-state index contributed by atoms with van der Waals surface area (Å²) in [7, 11) is 0. The topological polar surface area (TPSA) is 13.1 Å². The Morgan fingerprint density at radius 1 is 0.905 bits per heavy atom. The lowest BCUT2D eigenvalue weighted by molar-refractivity contribution is 0.665. The van der Waals surface area contributed by atoms with Crippen LogP contribution in [-0.2, 0) is 6.42 Å². The van der Waals surface area contributed by atoms with Crippen LogP contribution in [0.3, 0.4) is 0 Å². The van der Waals surface area contributed by atoms with Crippen molar-refractivity contribution >= 4 is 37.9 Å². The lowest BCUT2D eigenvalue weighted by Crippen LogP contribution is -1.82. The van der Waals surface area contributed by atoms with Gasteiger partial charge in [0.05, 0.1) is 0 Å². The highest BCUT2D eigenvalue weighted by molar-refractivity contribution is 9.10. The predicted octanol–water partition coefficient (Wildman–Crippen LogP) is 5.92. The summed E-state index contributed by atoms with van der Waals surface area (Å²) in [6.07, 6.45) is 0.953. The summed E-state index contributed by atoms with van der Waals surface area (Å²) in [5, 5.41) is 2.37. The second-order valence-corrected chi connectivity index (χ2v) is 6.38. The Kier molecular flexibility index (Phi) is 2.20. The number of hydrogen-bond acceptors (Lipinski definition) is 1. The number of rotatable bonds is 0. The van der Waals surface area contributed by atoms with Crippen LogP contribution in [0.15, 0.2) is 63.5 Å². The van der Waals surface area contributed by atoms with Gasteiger partial charge in [0.2, 0.25) is 0 Å². The monoisotopic (exact) mass is 334 g/mol. The molecule has 0 spiro atoms. The van der Waals surface area contributed by atoms with E-state index < -0.39 is 0 Å². The van der Waals surface area contributed by atoms with E-state index in [1.54, 1.807) is 0 Å². The molecule has 0 saturated heterocycles. The number of hydrogen-bond donors (Lipinski definition) is 0. The zero-order valence-corrected chi connectivity index (χ0v) is 12.8. The second kappa shape index (κ2) is 3.99. The highest BCUT2D eigenvalue weighted by Gasteiger charge is 2.24. The maximum absolute atomic E-state index is 6.18. The average molecular weight is 335 g/mol. The van der Waals surface area contributed by atoms with Gasteiger partial charge in [0, 0.05) is 27.2 Å². The summed E-state index contributed by atoms with van der Waals surface area (Å²) >= 11 is 3.74. The molecule has 4 aromatic rings. The maximum atomic E-state index is 6.18. The Labute approximate surface area is 130 Å². The van der Waals surface area contributed by atoms with Gasteiger partial charge in [-0.25, -0.2) is 0 Å². The van der Waals surface area contributed by atoms with Crippen molar-refractivity contribution in [3.05, 3.63) is 70.2 Å². The van der Waals surface area contributed by atoms with Crippen LogP contribution in [0.1, 0.15) is 11.1 Å². The van der Waals surface area contributed by atoms with Gasteiger partial charge in [-0.05, 0) is 44.8 Å². The SMILES string of the molecule is Brc1cc2c(c3oc4ccccc4c13)Cc1ccccc1-2. The van der Waals surface area contributed by atoms with E-state index in [0.717, 1.165) is 22.1 Å². The zero-order valence-electron chi connectivity index (χ0n) is 11.2. The van der Waals surface area contributed by atoms with Gasteiger partial charge in [0.25, 0.3) is 0 Å². The first-order valence-corrected chi connectivity index (χ1v) is 7.83. The molecule has 0 radical (unpaired) electrons. The van der Waals surface area contributed by atoms with Crippen molar-refractivity contribution in [3.63, 3.8) is 0 Å². The highest BCUT2D eigenvalue weighted by Crippen LogP contribution is 2.45. The first-order chi connectivity index (χ1) is 10.3. The molecule has 0 amide bonds. The van der Waals surface area contributed by atoms with Crippen LogP contribution in [0.4, 0.5) is 0 Å². The van der Waals surface area contributed by atoms with Crippen molar-refractivity contribution < 1.29 is 4.42 Å². The van der Waals surface area contributed by atoms with Gasteiger partial charge in [0.15, 0.2) is 0 Å². The standard InChI is InChI=1S/C19H11BrO/c20-16-10-14-12-6-2-1-5-11(12)9-15(14)19-18(16)13-7-3-4-8-17(13)21-19/h1-8,10H,9H2. The van der Waals surface area contributed by atoms with Crippen LogP contribution < -0.4 is 0 Å². The number of furan rings is 1. The van der Waals surface area contributed by atoms with Gasteiger partial charge in [-0.2, -0.15) is 0 Å². The Morgan fingerprint density at radius 3 is 2.67 bits per heavy atom. The van der Waals surface area contributed by atoms with E-state index in [1.807, 2.05) is 12.1 Å². The van der Waals surface area contributed by atoms with E-state index in [1.165, 1.54) is 33.0 Å². The van der Waals surface area contributed by atoms with Gasteiger partial charge < -0.3 is 4.42 Å². The fourth-order valence-electron chi connectivity index (χ4n) is 3.45. The lowest BCUT2D eigenvalue weighted by Gasteiger charge is -2.03. The van der Waals surface area contributed by atoms with Crippen molar-refractivity contribution in [2.75, 3.05) is 0 Å². The number of para-hydroxylation sites is 1. The Bertz CT molecular complexity index is 1030. The first kappa shape index (κ1) is 11.6. The zero-order chi connectivity index (χ0) is 14.0. The average Bonchev–Trinajstić information content (AvgIpc) is 3.06. The molecule has 0 N–H and O–H groups in total. The molecule has 0 saturated carbocycles.